The summed E-state index contributed by atoms with van der Waals surface area (Å²) in [5.41, 5.74) is 0.586. The number of ether oxygens (including phenoxy) is 1. The molecule has 0 bridgehead atoms. The van der Waals surface area contributed by atoms with Gasteiger partial charge in [0.05, 0.1) is 6.10 Å². The molecule has 0 aliphatic carbocycles. The predicted octanol–water partition coefficient (Wildman–Crippen LogP) is 2.12. The van der Waals surface area contributed by atoms with Crippen molar-refractivity contribution in [2.45, 2.75) is 19.1 Å². The van der Waals surface area contributed by atoms with Gasteiger partial charge in [-0.1, -0.05) is 29.8 Å². The van der Waals surface area contributed by atoms with Crippen LogP contribution in [0.4, 0.5) is 4.79 Å². The molecule has 16 heavy (non-hydrogen) atoms. The lowest BCUT2D eigenvalue weighted by Gasteiger charge is -2.21. The van der Waals surface area contributed by atoms with Gasteiger partial charge >= 0.3 is 6.09 Å². The maximum Gasteiger partial charge on any atom is 0.407 e. The van der Waals surface area contributed by atoms with Crippen molar-refractivity contribution in [2.24, 2.45) is 0 Å². The van der Waals surface area contributed by atoms with Gasteiger partial charge in [0.2, 0.25) is 0 Å². The summed E-state index contributed by atoms with van der Waals surface area (Å²) >= 11 is 5.97. The topological polar surface area (TPSA) is 58.6 Å². The highest BCUT2D eigenvalue weighted by Gasteiger charge is 2.23. The van der Waals surface area contributed by atoms with Gasteiger partial charge in [0.25, 0.3) is 0 Å². The summed E-state index contributed by atoms with van der Waals surface area (Å²) in [6.45, 7) is 1.54. The summed E-state index contributed by atoms with van der Waals surface area (Å²) in [6, 6.07) is 6.93. The fourth-order valence-corrected chi connectivity index (χ4v) is 1.55. The average molecular weight is 244 g/mol. The van der Waals surface area contributed by atoms with E-state index in [0.717, 1.165) is 0 Å². The number of hydrogen-bond acceptors (Lipinski definition) is 3. The second kappa shape index (κ2) is 5.72. The standard InChI is InChI=1S/C11H14ClNO3/c1-7(14)10(16-11(15)13-2)8-5-3-4-6-9(8)12/h3-7,10,14H,1-2H3,(H,13,15)/t7-,10+/m0/s1. The zero-order valence-corrected chi connectivity index (χ0v) is 9.86. The fraction of sp³-hybridized carbons (Fsp3) is 0.364. The second-order valence-corrected chi connectivity index (χ2v) is 3.75. The molecule has 0 aliphatic rings. The molecule has 0 radical (unpaired) electrons. The molecule has 0 aromatic heterocycles. The molecule has 1 aromatic rings. The summed E-state index contributed by atoms with van der Waals surface area (Å²) in [4.78, 5) is 11.1. The van der Waals surface area contributed by atoms with Gasteiger partial charge in [-0.25, -0.2) is 4.79 Å². The van der Waals surface area contributed by atoms with Crippen LogP contribution in [-0.2, 0) is 4.74 Å². The van der Waals surface area contributed by atoms with Crippen molar-refractivity contribution in [3.8, 4) is 0 Å². The van der Waals surface area contributed by atoms with Gasteiger partial charge in [0.15, 0.2) is 6.10 Å². The number of amides is 1. The van der Waals surface area contributed by atoms with E-state index >= 15 is 0 Å². The molecule has 0 heterocycles. The second-order valence-electron chi connectivity index (χ2n) is 3.34. The summed E-state index contributed by atoms with van der Waals surface area (Å²) in [5, 5.41) is 12.4. The van der Waals surface area contributed by atoms with Crippen molar-refractivity contribution >= 4 is 17.7 Å². The third kappa shape index (κ3) is 3.12. The monoisotopic (exact) mass is 243 g/mol. The number of carbonyl (C=O) groups excluding carboxylic acids is 1. The van der Waals surface area contributed by atoms with E-state index in [1.54, 1.807) is 24.3 Å². The molecule has 2 N–H and O–H groups in total. The molecule has 1 aromatic carbocycles. The highest BCUT2D eigenvalue weighted by molar-refractivity contribution is 6.31. The van der Waals surface area contributed by atoms with Gasteiger partial charge in [0.1, 0.15) is 0 Å². The number of alkyl carbamates (subject to hydrolysis) is 1. The van der Waals surface area contributed by atoms with Crippen LogP contribution in [0.5, 0.6) is 0 Å². The first-order valence-corrected chi connectivity index (χ1v) is 5.25. The van der Waals surface area contributed by atoms with Crippen molar-refractivity contribution in [3.63, 3.8) is 0 Å². The van der Waals surface area contributed by atoms with Crippen molar-refractivity contribution < 1.29 is 14.6 Å². The Labute approximate surface area is 99.2 Å². The highest BCUT2D eigenvalue weighted by Crippen LogP contribution is 2.28. The van der Waals surface area contributed by atoms with Crippen molar-refractivity contribution in [3.05, 3.63) is 34.9 Å². The van der Waals surface area contributed by atoms with E-state index in [4.69, 9.17) is 16.3 Å². The number of carbonyl (C=O) groups is 1. The summed E-state index contributed by atoms with van der Waals surface area (Å²) in [5.74, 6) is 0. The predicted molar refractivity (Wildman–Crippen MR) is 61.4 cm³/mol. The number of halogens is 1. The Morgan fingerprint density at radius 2 is 2.12 bits per heavy atom. The summed E-state index contributed by atoms with van der Waals surface area (Å²) < 4.78 is 5.04. The lowest BCUT2D eigenvalue weighted by molar-refractivity contribution is 0.0115. The fourth-order valence-electron chi connectivity index (χ4n) is 1.30. The van der Waals surface area contributed by atoms with E-state index in [0.29, 0.717) is 10.6 Å². The van der Waals surface area contributed by atoms with E-state index in [9.17, 15) is 9.90 Å². The van der Waals surface area contributed by atoms with Crippen molar-refractivity contribution in [2.75, 3.05) is 7.05 Å². The van der Waals surface area contributed by atoms with Gasteiger partial charge in [-0.05, 0) is 13.0 Å². The molecule has 0 aliphatic heterocycles. The molecule has 0 spiro atoms. The molecular weight excluding hydrogens is 230 g/mol. The Hall–Kier alpha value is -1.26. The maximum atomic E-state index is 11.1. The number of nitrogens with one attached hydrogen (secondary N) is 1. The molecule has 0 fully saturated rings. The minimum Gasteiger partial charge on any atom is -0.439 e. The van der Waals surface area contributed by atoms with Gasteiger partial charge in [-0.3, -0.25) is 0 Å². The van der Waals surface area contributed by atoms with Gasteiger partial charge in [-0.2, -0.15) is 0 Å². The van der Waals surface area contributed by atoms with Crippen molar-refractivity contribution in [1.29, 1.82) is 0 Å². The van der Waals surface area contributed by atoms with Crippen molar-refractivity contribution in [1.82, 2.24) is 5.32 Å². The normalized spacial score (nSPS) is 14.0. The van der Waals surface area contributed by atoms with Crippen LogP contribution in [0.2, 0.25) is 5.02 Å². The van der Waals surface area contributed by atoms with Crippen LogP contribution in [0.3, 0.4) is 0 Å². The minimum atomic E-state index is -0.836. The zero-order chi connectivity index (χ0) is 12.1. The van der Waals surface area contributed by atoms with Crippen LogP contribution in [0.15, 0.2) is 24.3 Å². The van der Waals surface area contributed by atoms with Crippen LogP contribution in [0.1, 0.15) is 18.6 Å². The molecule has 88 valence electrons. The average Bonchev–Trinajstić information content (AvgIpc) is 2.26. The largest absolute Gasteiger partial charge is 0.439 e. The number of aliphatic hydroxyl groups is 1. The molecule has 1 rings (SSSR count). The van der Waals surface area contributed by atoms with Gasteiger partial charge in [-0.15, -0.1) is 0 Å². The summed E-state index contributed by atoms with van der Waals surface area (Å²) in [6.07, 6.45) is -2.21. The Morgan fingerprint density at radius 1 is 1.50 bits per heavy atom. The molecule has 0 unspecified atom stereocenters. The first-order valence-electron chi connectivity index (χ1n) is 4.87. The number of hydrogen-bond donors (Lipinski definition) is 2. The van der Waals surface area contributed by atoms with Crippen LogP contribution >= 0.6 is 11.6 Å². The number of aliphatic hydroxyl groups excluding tert-OH is 1. The van der Waals surface area contributed by atoms with Crippen LogP contribution in [-0.4, -0.2) is 24.4 Å². The quantitative estimate of drug-likeness (QED) is 0.855. The minimum absolute atomic E-state index is 0.456. The van der Waals surface area contributed by atoms with E-state index < -0.39 is 18.3 Å². The van der Waals surface area contributed by atoms with Gasteiger partial charge < -0.3 is 15.2 Å². The molecule has 0 saturated heterocycles. The Bertz CT molecular complexity index is 368. The van der Waals surface area contributed by atoms with Gasteiger partial charge in [0, 0.05) is 17.6 Å². The molecule has 1 amide bonds. The lowest BCUT2D eigenvalue weighted by Crippen LogP contribution is -2.27. The van der Waals surface area contributed by atoms with E-state index in [1.807, 2.05) is 0 Å². The number of rotatable bonds is 3. The molecule has 5 heteroatoms. The van der Waals surface area contributed by atoms with E-state index in [1.165, 1.54) is 14.0 Å². The molecule has 4 nitrogen and oxygen atoms in total. The molecule has 0 saturated carbocycles. The maximum absolute atomic E-state index is 11.1. The first-order chi connectivity index (χ1) is 7.56. The van der Waals surface area contributed by atoms with Crippen LogP contribution in [0.25, 0.3) is 0 Å². The van der Waals surface area contributed by atoms with E-state index in [-0.39, 0.29) is 0 Å². The third-order valence-electron chi connectivity index (χ3n) is 2.09. The SMILES string of the molecule is CNC(=O)O[C@@H](c1ccccc1Cl)[C@H](C)O. The Balaban J connectivity index is 2.94. The van der Waals surface area contributed by atoms with E-state index in [2.05, 4.69) is 5.32 Å². The molecular formula is C11H14ClNO3. The molecule has 2 atom stereocenters. The zero-order valence-electron chi connectivity index (χ0n) is 9.11. The van der Waals surface area contributed by atoms with Crippen LogP contribution < -0.4 is 5.32 Å². The smallest absolute Gasteiger partial charge is 0.407 e. The Morgan fingerprint density at radius 3 is 2.62 bits per heavy atom. The third-order valence-corrected chi connectivity index (χ3v) is 2.43. The summed E-state index contributed by atoms with van der Waals surface area (Å²) in [7, 11) is 1.45. The number of benzene rings is 1. The van der Waals surface area contributed by atoms with Crippen LogP contribution in [0, 0.1) is 0 Å². The first kappa shape index (κ1) is 12.8. The Kier molecular flexibility index (Phi) is 4.58. The highest BCUT2D eigenvalue weighted by atomic mass is 35.5. The lowest BCUT2D eigenvalue weighted by atomic mass is 10.1.